The number of carbonyl (C=O) groups is 2. The van der Waals surface area contributed by atoms with Crippen LogP contribution < -0.4 is 5.32 Å². The van der Waals surface area contributed by atoms with Crippen molar-refractivity contribution in [1.29, 1.82) is 0 Å². The van der Waals surface area contributed by atoms with E-state index in [2.05, 4.69) is 5.32 Å². The van der Waals surface area contributed by atoms with Crippen LogP contribution in [-0.4, -0.2) is 47.9 Å². The maximum Gasteiger partial charge on any atom is 0.247 e. The molecule has 1 aromatic rings. The van der Waals surface area contributed by atoms with Gasteiger partial charge in [0.25, 0.3) is 0 Å². The van der Waals surface area contributed by atoms with Crippen LogP contribution in [0.3, 0.4) is 0 Å². The summed E-state index contributed by atoms with van der Waals surface area (Å²) in [5, 5.41) is 3.09. The van der Waals surface area contributed by atoms with Crippen molar-refractivity contribution in [2.45, 2.75) is 69.6 Å². The van der Waals surface area contributed by atoms with Crippen molar-refractivity contribution in [3.63, 3.8) is 0 Å². The zero-order valence-electron chi connectivity index (χ0n) is 16.7. The molecular weight excluding hydrogens is 395 g/mol. The Balaban J connectivity index is 1.88. The van der Waals surface area contributed by atoms with Crippen LogP contribution in [-0.2, 0) is 14.3 Å². The van der Waals surface area contributed by atoms with E-state index in [4.69, 9.17) is 16.3 Å². The number of ether oxygens (including phenoxy) is 1. The first kappa shape index (κ1) is 22.0. The first-order valence-electron chi connectivity index (χ1n) is 10.6. The van der Waals surface area contributed by atoms with Gasteiger partial charge in [-0.15, -0.1) is 11.6 Å². The highest BCUT2D eigenvalue weighted by molar-refractivity contribution is 6.27. The van der Waals surface area contributed by atoms with Gasteiger partial charge < -0.3 is 15.0 Å². The van der Waals surface area contributed by atoms with E-state index >= 15 is 0 Å². The van der Waals surface area contributed by atoms with Gasteiger partial charge in [-0.05, 0) is 31.7 Å². The minimum atomic E-state index is -1.06. The molecule has 29 heavy (non-hydrogen) atoms. The Hall–Kier alpha value is -1.66. The third-order valence-corrected chi connectivity index (χ3v) is 6.05. The number of hydrogen-bond donors (Lipinski definition) is 1. The second kappa shape index (κ2) is 10.9. The Morgan fingerprint density at radius 1 is 1.14 bits per heavy atom. The summed E-state index contributed by atoms with van der Waals surface area (Å²) in [5.41, 5.74) is 0.190. The molecule has 160 valence electrons. The molecule has 2 aliphatic rings. The second-order valence-electron chi connectivity index (χ2n) is 7.94. The highest BCUT2D eigenvalue weighted by Gasteiger charge is 2.36. The molecule has 5 nitrogen and oxygen atoms in total. The van der Waals surface area contributed by atoms with Gasteiger partial charge in [0.2, 0.25) is 11.8 Å². The average molecular weight is 425 g/mol. The van der Waals surface area contributed by atoms with Gasteiger partial charge in [0.05, 0.1) is 6.10 Å². The fraction of sp³-hybridized carbons (Fsp3) is 0.636. The number of amides is 2. The maximum absolute atomic E-state index is 14.7. The lowest BCUT2D eigenvalue weighted by atomic mass is 10.0. The lowest BCUT2D eigenvalue weighted by Gasteiger charge is -2.33. The van der Waals surface area contributed by atoms with E-state index < -0.39 is 17.8 Å². The van der Waals surface area contributed by atoms with Gasteiger partial charge >= 0.3 is 0 Å². The zero-order valence-corrected chi connectivity index (χ0v) is 17.5. The fourth-order valence-corrected chi connectivity index (χ4v) is 4.44. The van der Waals surface area contributed by atoms with Crippen LogP contribution >= 0.6 is 11.6 Å². The first-order valence-corrected chi connectivity index (χ1v) is 11.2. The summed E-state index contributed by atoms with van der Waals surface area (Å²) < 4.78 is 20.4. The maximum atomic E-state index is 14.7. The number of halogens is 2. The van der Waals surface area contributed by atoms with Crippen LogP contribution in [0.1, 0.15) is 63.0 Å². The molecule has 0 unspecified atom stereocenters. The summed E-state index contributed by atoms with van der Waals surface area (Å²) >= 11 is 5.86. The molecule has 0 spiro atoms. The molecular formula is C22H30ClFN2O3. The van der Waals surface area contributed by atoms with Crippen molar-refractivity contribution < 1.29 is 18.7 Å². The number of rotatable bonds is 7. The molecule has 7 heteroatoms. The Morgan fingerprint density at radius 2 is 1.86 bits per heavy atom. The van der Waals surface area contributed by atoms with Gasteiger partial charge in [0, 0.05) is 24.8 Å². The summed E-state index contributed by atoms with van der Waals surface area (Å²) in [5.74, 6) is -1.52. The van der Waals surface area contributed by atoms with Crippen LogP contribution in [0.5, 0.6) is 0 Å². The van der Waals surface area contributed by atoms with Crippen LogP contribution in [0.4, 0.5) is 4.39 Å². The van der Waals surface area contributed by atoms with E-state index in [9.17, 15) is 14.0 Å². The third-order valence-electron chi connectivity index (χ3n) is 5.82. The number of carbonyl (C=O) groups excluding carboxylic acids is 2. The summed E-state index contributed by atoms with van der Waals surface area (Å²) in [4.78, 5) is 27.5. The Kier molecular flexibility index (Phi) is 8.30. The van der Waals surface area contributed by atoms with Gasteiger partial charge in [-0.3, -0.25) is 9.59 Å². The van der Waals surface area contributed by atoms with Crippen LogP contribution in [0.15, 0.2) is 24.3 Å². The molecule has 2 fully saturated rings. The molecule has 0 aromatic heterocycles. The lowest BCUT2D eigenvalue weighted by molar-refractivity contribution is -0.141. The zero-order chi connectivity index (χ0) is 20.6. The highest BCUT2D eigenvalue weighted by Crippen LogP contribution is 2.28. The molecule has 2 atom stereocenters. The number of benzene rings is 1. The topological polar surface area (TPSA) is 58.6 Å². The molecule has 1 saturated heterocycles. The van der Waals surface area contributed by atoms with E-state index in [0.29, 0.717) is 6.61 Å². The average Bonchev–Trinajstić information content (AvgIpc) is 3.11. The van der Waals surface area contributed by atoms with E-state index in [-0.39, 0.29) is 36.0 Å². The normalized spacial score (nSPS) is 21.4. The predicted octanol–water partition coefficient (Wildman–Crippen LogP) is 3.95. The van der Waals surface area contributed by atoms with Crippen molar-refractivity contribution in [3.05, 3.63) is 35.6 Å². The minimum absolute atomic E-state index is 0.0509. The Bertz CT molecular complexity index is 688. The van der Waals surface area contributed by atoms with Crippen molar-refractivity contribution in [3.8, 4) is 0 Å². The molecule has 0 radical (unpaired) electrons. The van der Waals surface area contributed by atoms with Crippen LogP contribution in [0.25, 0.3) is 0 Å². The molecule has 3 rings (SSSR count). The second-order valence-corrected chi connectivity index (χ2v) is 8.20. The SMILES string of the molecule is O=C(NC1CCCCCC1)[C@@H](c1ccccc1F)N(C[C@@H]1CCCO1)C(=O)CCl. The van der Waals surface area contributed by atoms with Crippen LogP contribution in [0.2, 0.25) is 0 Å². The van der Waals surface area contributed by atoms with Gasteiger partial charge in [0.15, 0.2) is 0 Å². The monoisotopic (exact) mass is 424 g/mol. The van der Waals surface area contributed by atoms with Crippen molar-refractivity contribution in [1.82, 2.24) is 10.2 Å². The van der Waals surface area contributed by atoms with E-state index in [0.717, 1.165) is 38.5 Å². The predicted molar refractivity (Wildman–Crippen MR) is 110 cm³/mol. The van der Waals surface area contributed by atoms with E-state index in [1.54, 1.807) is 18.2 Å². The molecule has 0 bridgehead atoms. The molecule has 2 amide bonds. The van der Waals surface area contributed by atoms with Gasteiger partial charge in [-0.2, -0.15) is 0 Å². The summed E-state index contributed by atoms with van der Waals surface area (Å²) in [7, 11) is 0. The van der Waals surface area contributed by atoms with Gasteiger partial charge in [-0.25, -0.2) is 4.39 Å². The minimum Gasteiger partial charge on any atom is -0.376 e. The van der Waals surface area contributed by atoms with Crippen molar-refractivity contribution in [2.24, 2.45) is 0 Å². The standard InChI is InChI=1S/C22H30ClFN2O3/c23-14-20(27)26(15-17-10-7-13-29-17)21(18-11-5-6-12-19(18)24)22(28)25-16-8-3-1-2-4-9-16/h5-6,11-12,16-17,21H,1-4,7-10,13-15H2,(H,25,28)/t17-,21+/m0/s1. The van der Waals surface area contributed by atoms with E-state index in [1.807, 2.05) is 0 Å². The quantitative estimate of drug-likeness (QED) is 0.532. The van der Waals surface area contributed by atoms with Crippen LogP contribution in [0, 0.1) is 5.82 Å². The number of hydrogen-bond acceptors (Lipinski definition) is 3. The Labute approximate surface area is 176 Å². The largest absolute Gasteiger partial charge is 0.376 e. The number of nitrogens with one attached hydrogen (secondary N) is 1. The third kappa shape index (κ3) is 5.92. The summed E-state index contributed by atoms with van der Waals surface area (Å²) in [6.45, 7) is 0.856. The molecule has 1 N–H and O–H groups in total. The lowest BCUT2D eigenvalue weighted by Crippen LogP contribution is -2.49. The number of nitrogens with zero attached hydrogens (tertiary/aromatic N) is 1. The van der Waals surface area contributed by atoms with Crippen molar-refractivity contribution in [2.75, 3.05) is 19.0 Å². The van der Waals surface area contributed by atoms with Gasteiger partial charge in [-0.1, -0.05) is 43.9 Å². The molecule has 1 aliphatic heterocycles. The molecule has 1 aromatic carbocycles. The Morgan fingerprint density at radius 3 is 2.48 bits per heavy atom. The smallest absolute Gasteiger partial charge is 0.247 e. The molecule has 1 aliphatic carbocycles. The van der Waals surface area contributed by atoms with E-state index in [1.165, 1.54) is 23.8 Å². The first-order chi connectivity index (χ1) is 14.1. The highest BCUT2D eigenvalue weighted by atomic mass is 35.5. The number of alkyl halides is 1. The summed E-state index contributed by atoms with van der Waals surface area (Å²) in [6, 6.07) is 5.13. The molecule has 1 saturated carbocycles. The van der Waals surface area contributed by atoms with Crippen molar-refractivity contribution >= 4 is 23.4 Å². The molecule has 1 heterocycles. The fourth-order valence-electron chi connectivity index (χ4n) is 4.29. The summed E-state index contributed by atoms with van der Waals surface area (Å²) in [6.07, 6.45) is 7.83. The van der Waals surface area contributed by atoms with Gasteiger partial charge in [0.1, 0.15) is 17.7 Å².